The monoisotopic (exact) mass is 260 g/mol. The number of para-hydroxylation sites is 2. The summed E-state index contributed by atoms with van der Waals surface area (Å²) in [6.07, 6.45) is 0. The van der Waals surface area contributed by atoms with Crippen LogP contribution in [-0.2, 0) is 13.6 Å². The molecular formula is C13H16N4O2. The van der Waals surface area contributed by atoms with Gasteiger partial charge < -0.3 is 5.32 Å². The molecule has 19 heavy (non-hydrogen) atoms. The summed E-state index contributed by atoms with van der Waals surface area (Å²) in [6, 6.07) is 6.63. The highest BCUT2D eigenvalue weighted by Crippen LogP contribution is 2.24. The van der Waals surface area contributed by atoms with Crippen molar-refractivity contribution in [2.24, 2.45) is 7.05 Å². The molecule has 0 aliphatic carbocycles. The molecule has 0 saturated carbocycles. The Hall–Kier alpha value is -2.37. The van der Waals surface area contributed by atoms with Gasteiger partial charge in [0.2, 0.25) is 0 Å². The Morgan fingerprint density at radius 1 is 1.37 bits per heavy atom. The molecule has 0 unspecified atom stereocenters. The molecule has 1 aromatic heterocycles. The number of nitro benzene ring substituents is 1. The molecule has 100 valence electrons. The lowest BCUT2D eigenvalue weighted by Gasteiger charge is -2.07. The van der Waals surface area contributed by atoms with Gasteiger partial charge in [-0.2, -0.15) is 5.10 Å². The Morgan fingerprint density at radius 2 is 2.05 bits per heavy atom. The van der Waals surface area contributed by atoms with Crippen LogP contribution in [0, 0.1) is 24.0 Å². The predicted molar refractivity (Wildman–Crippen MR) is 73.1 cm³/mol. The molecule has 1 N–H and O–H groups in total. The van der Waals surface area contributed by atoms with Crippen LogP contribution in [0.25, 0.3) is 0 Å². The number of nitro groups is 1. The van der Waals surface area contributed by atoms with E-state index in [0.29, 0.717) is 12.2 Å². The first-order valence-corrected chi connectivity index (χ1v) is 5.97. The van der Waals surface area contributed by atoms with Crippen molar-refractivity contribution in [2.45, 2.75) is 20.4 Å². The highest BCUT2D eigenvalue weighted by molar-refractivity contribution is 5.61. The van der Waals surface area contributed by atoms with Crippen LogP contribution >= 0.6 is 0 Å². The lowest BCUT2D eigenvalue weighted by molar-refractivity contribution is -0.384. The molecule has 0 atom stereocenters. The average molecular weight is 260 g/mol. The third-order valence-electron chi connectivity index (χ3n) is 3.22. The van der Waals surface area contributed by atoms with E-state index in [1.54, 1.807) is 18.2 Å². The topological polar surface area (TPSA) is 73.0 Å². The van der Waals surface area contributed by atoms with Crippen LogP contribution in [0.3, 0.4) is 0 Å². The number of nitrogens with zero attached hydrogens (tertiary/aromatic N) is 3. The van der Waals surface area contributed by atoms with Crippen LogP contribution in [0.15, 0.2) is 24.3 Å². The minimum absolute atomic E-state index is 0.0849. The minimum atomic E-state index is -0.384. The maximum atomic E-state index is 10.9. The van der Waals surface area contributed by atoms with Crippen molar-refractivity contribution in [1.82, 2.24) is 9.78 Å². The minimum Gasteiger partial charge on any atom is -0.375 e. The van der Waals surface area contributed by atoms with E-state index >= 15 is 0 Å². The smallest absolute Gasteiger partial charge is 0.292 e. The molecule has 6 heteroatoms. The van der Waals surface area contributed by atoms with E-state index in [1.807, 2.05) is 25.6 Å². The number of anilines is 1. The standard InChI is InChI=1S/C13H16N4O2/c1-9-11(10(2)16(3)15-9)8-14-12-6-4-5-7-13(12)17(18)19/h4-7,14H,8H2,1-3H3. The molecule has 0 aliphatic rings. The maximum absolute atomic E-state index is 10.9. The summed E-state index contributed by atoms with van der Waals surface area (Å²) < 4.78 is 1.81. The SMILES string of the molecule is Cc1nn(C)c(C)c1CNc1ccccc1[N+](=O)[O-]. The zero-order valence-electron chi connectivity index (χ0n) is 11.2. The van der Waals surface area contributed by atoms with Gasteiger partial charge in [0.25, 0.3) is 5.69 Å². The number of hydrogen-bond acceptors (Lipinski definition) is 4. The molecule has 0 bridgehead atoms. The number of benzene rings is 1. The summed E-state index contributed by atoms with van der Waals surface area (Å²) >= 11 is 0. The second-order valence-electron chi connectivity index (χ2n) is 4.40. The van der Waals surface area contributed by atoms with Crippen LogP contribution in [-0.4, -0.2) is 14.7 Å². The number of hydrogen-bond donors (Lipinski definition) is 1. The first-order chi connectivity index (χ1) is 9.00. The molecule has 0 radical (unpaired) electrons. The van der Waals surface area contributed by atoms with Gasteiger partial charge in [-0.1, -0.05) is 12.1 Å². The second-order valence-corrected chi connectivity index (χ2v) is 4.40. The van der Waals surface area contributed by atoms with Crippen molar-refractivity contribution >= 4 is 11.4 Å². The van der Waals surface area contributed by atoms with Crippen molar-refractivity contribution in [1.29, 1.82) is 0 Å². The lowest BCUT2D eigenvalue weighted by atomic mass is 10.2. The Balaban J connectivity index is 2.22. The number of nitrogens with one attached hydrogen (secondary N) is 1. The van der Waals surface area contributed by atoms with Gasteiger partial charge in [-0.15, -0.1) is 0 Å². The maximum Gasteiger partial charge on any atom is 0.292 e. The third-order valence-corrected chi connectivity index (χ3v) is 3.22. The molecule has 1 aromatic carbocycles. The summed E-state index contributed by atoms with van der Waals surface area (Å²) in [4.78, 5) is 10.5. The molecule has 0 aliphatic heterocycles. The number of aryl methyl sites for hydroxylation is 2. The molecule has 1 heterocycles. The molecule has 6 nitrogen and oxygen atoms in total. The van der Waals surface area contributed by atoms with E-state index < -0.39 is 0 Å². The van der Waals surface area contributed by atoms with E-state index in [2.05, 4.69) is 10.4 Å². The largest absolute Gasteiger partial charge is 0.375 e. The van der Waals surface area contributed by atoms with Crippen LogP contribution in [0.1, 0.15) is 17.0 Å². The molecular weight excluding hydrogens is 244 g/mol. The van der Waals surface area contributed by atoms with Gasteiger partial charge in [-0.25, -0.2) is 0 Å². The van der Waals surface area contributed by atoms with E-state index in [9.17, 15) is 10.1 Å². The van der Waals surface area contributed by atoms with Crippen molar-refractivity contribution in [3.05, 3.63) is 51.3 Å². The Bertz CT molecular complexity index is 619. The van der Waals surface area contributed by atoms with E-state index in [0.717, 1.165) is 17.0 Å². The fourth-order valence-corrected chi connectivity index (χ4v) is 2.04. The second kappa shape index (κ2) is 5.09. The quantitative estimate of drug-likeness (QED) is 0.677. The zero-order valence-corrected chi connectivity index (χ0v) is 11.2. The fraction of sp³-hybridized carbons (Fsp3) is 0.308. The summed E-state index contributed by atoms with van der Waals surface area (Å²) in [6.45, 7) is 4.44. The van der Waals surface area contributed by atoms with Gasteiger partial charge in [-0.05, 0) is 19.9 Å². The number of aromatic nitrogens is 2. The van der Waals surface area contributed by atoms with Gasteiger partial charge in [0.05, 0.1) is 10.6 Å². The van der Waals surface area contributed by atoms with Gasteiger partial charge in [-0.3, -0.25) is 14.8 Å². The van der Waals surface area contributed by atoms with Gasteiger partial charge >= 0.3 is 0 Å². The first kappa shape index (κ1) is 13.1. The van der Waals surface area contributed by atoms with Crippen LogP contribution in [0.2, 0.25) is 0 Å². The average Bonchev–Trinajstić information content (AvgIpc) is 2.61. The van der Waals surface area contributed by atoms with Crippen LogP contribution in [0.5, 0.6) is 0 Å². The predicted octanol–water partition coefficient (Wildman–Crippen LogP) is 2.56. The van der Waals surface area contributed by atoms with Crippen LogP contribution in [0.4, 0.5) is 11.4 Å². The summed E-state index contributed by atoms with van der Waals surface area (Å²) in [5.41, 5.74) is 3.67. The van der Waals surface area contributed by atoms with Crippen molar-refractivity contribution in [2.75, 3.05) is 5.32 Å². The summed E-state index contributed by atoms with van der Waals surface area (Å²) in [5.74, 6) is 0. The third kappa shape index (κ3) is 2.57. The first-order valence-electron chi connectivity index (χ1n) is 5.97. The zero-order chi connectivity index (χ0) is 14.0. The van der Waals surface area contributed by atoms with Gasteiger partial charge in [0, 0.05) is 30.9 Å². The van der Waals surface area contributed by atoms with Crippen LogP contribution < -0.4 is 5.32 Å². The summed E-state index contributed by atoms with van der Waals surface area (Å²) in [5, 5.41) is 18.4. The Morgan fingerprint density at radius 3 is 2.63 bits per heavy atom. The summed E-state index contributed by atoms with van der Waals surface area (Å²) in [7, 11) is 1.89. The molecule has 2 rings (SSSR count). The number of rotatable bonds is 4. The van der Waals surface area contributed by atoms with E-state index in [1.165, 1.54) is 6.07 Å². The van der Waals surface area contributed by atoms with Crippen molar-refractivity contribution < 1.29 is 4.92 Å². The van der Waals surface area contributed by atoms with E-state index in [-0.39, 0.29) is 10.6 Å². The molecule has 2 aromatic rings. The van der Waals surface area contributed by atoms with Crippen molar-refractivity contribution in [3.63, 3.8) is 0 Å². The fourth-order valence-electron chi connectivity index (χ4n) is 2.04. The Labute approximate surface area is 111 Å². The molecule has 0 saturated heterocycles. The van der Waals surface area contributed by atoms with Crippen molar-refractivity contribution in [3.8, 4) is 0 Å². The Kier molecular flexibility index (Phi) is 3.50. The normalized spacial score (nSPS) is 10.5. The van der Waals surface area contributed by atoms with Gasteiger partial charge in [0.15, 0.2) is 0 Å². The van der Waals surface area contributed by atoms with Gasteiger partial charge in [0.1, 0.15) is 5.69 Å². The van der Waals surface area contributed by atoms with E-state index in [4.69, 9.17) is 0 Å². The highest BCUT2D eigenvalue weighted by atomic mass is 16.6. The lowest BCUT2D eigenvalue weighted by Crippen LogP contribution is -2.04. The highest BCUT2D eigenvalue weighted by Gasteiger charge is 2.14. The molecule has 0 spiro atoms. The molecule has 0 fully saturated rings. The molecule has 0 amide bonds.